The standard InChI is InChI=1S/C14H13BrFN3O/c15-10-4-13(8-17-6-10)20-14-9(3-11(16)7-19-14)5-18-12-1-2-12/h3-4,6-8,12,18H,1-2,5H2. The van der Waals surface area contributed by atoms with Gasteiger partial charge in [-0.1, -0.05) is 0 Å². The lowest BCUT2D eigenvalue weighted by atomic mass is 10.2. The summed E-state index contributed by atoms with van der Waals surface area (Å²) in [4.78, 5) is 8.04. The van der Waals surface area contributed by atoms with Gasteiger partial charge in [0.05, 0.1) is 12.4 Å². The fourth-order valence-electron chi connectivity index (χ4n) is 1.79. The first kappa shape index (κ1) is 13.5. The highest BCUT2D eigenvalue weighted by molar-refractivity contribution is 9.10. The van der Waals surface area contributed by atoms with Crippen molar-refractivity contribution in [1.29, 1.82) is 0 Å². The molecule has 6 heteroatoms. The summed E-state index contributed by atoms with van der Waals surface area (Å²) >= 11 is 3.33. The van der Waals surface area contributed by atoms with Gasteiger partial charge in [-0.25, -0.2) is 9.37 Å². The van der Waals surface area contributed by atoms with E-state index in [1.807, 2.05) is 0 Å². The van der Waals surface area contributed by atoms with Crippen molar-refractivity contribution >= 4 is 15.9 Å². The Bertz CT molecular complexity index is 619. The smallest absolute Gasteiger partial charge is 0.223 e. The highest BCUT2D eigenvalue weighted by Crippen LogP contribution is 2.26. The van der Waals surface area contributed by atoms with Crippen LogP contribution < -0.4 is 10.1 Å². The molecule has 0 atom stereocenters. The normalized spacial score (nSPS) is 14.3. The maximum Gasteiger partial charge on any atom is 0.223 e. The van der Waals surface area contributed by atoms with Gasteiger partial charge in [0, 0.05) is 28.8 Å². The van der Waals surface area contributed by atoms with Crippen molar-refractivity contribution in [2.75, 3.05) is 0 Å². The Morgan fingerprint density at radius 1 is 1.30 bits per heavy atom. The van der Waals surface area contributed by atoms with E-state index in [9.17, 15) is 4.39 Å². The highest BCUT2D eigenvalue weighted by Gasteiger charge is 2.21. The van der Waals surface area contributed by atoms with Crippen molar-refractivity contribution in [2.45, 2.75) is 25.4 Å². The minimum Gasteiger partial charge on any atom is -0.437 e. The van der Waals surface area contributed by atoms with Gasteiger partial charge in [0.25, 0.3) is 0 Å². The van der Waals surface area contributed by atoms with Crippen LogP contribution in [-0.2, 0) is 6.54 Å². The third-order valence-electron chi connectivity index (χ3n) is 2.94. The van der Waals surface area contributed by atoms with Crippen LogP contribution in [0.2, 0.25) is 0 Å². The van der Waals surface area contributed by atoms with Crippen LogP contribution in [0.5, 0.6) is 11.6 Å². The van der Waals surface area contributed by atoms with Gasteiger partial charge >= 0.3 is 0 Å². The van der Waals surface area contributed by atoms with Crippen LogP contribution in [0.1, 0.15) is 18.4 Å². The molecule has 0 unspecified atom stereocenters. The number of ether oxygens (including phenoxy) is 1. The number of nitrogens with one attached hydrogen (secondary N) is 1. The van der Waals surface area contributed by atoms with Gasteiger partial charge in [-0.15, -0.1) is 0 Å². The number of halogens is 2. The Hall–Kier alpha value is -1.53. The molecule has 20 heavy (non-hydrogen) atoms. The summed E-state index contributed by atoms with van der Waals surface area (Å²) in [5.41, 5.74) is 0.705. The van der Waals surface area contributed by atoms with Gasteiger partial charge in [-0.05, 0) is 40.9 Å². The topological polar surface area (TPSA) is 47.0 Å². The molecule has 1 N–H and O–H groups in total. The second kappa shape index (κ2) is 5.85. The van der Waals surface area contributed by atoms with Crippen LogP contribution in [-0.4, -0.2) is 16.0 Å². The van der Waals surface area contributed by atoms with Crippen molar-refractivity contribution in [1.82, 2.24) is 15.3 Å². The summed E-state index contributed by atoms with van der Waals surface area (Å²) in [6.07, 6.45) is 6.76. The molecular formula is C14H13BrFN3O. The summed E-state index contributed by atoms with van der Waals surface area (Å²) in [5.74, 6) is 0.600. The summed E-state index contributed by atoms with van der Waals surface area (Å²) in [7, 11) is 0. The van der Waals surface area contributed by atoms with Crippen molar-refractivity contribution in [2.24, 2.45) is 0 Å². The summed E-state index contributed by atoms with van der Waals surface area (Å²) in [6.45, 7) is 0.548. The number of pyridine rings is 2. The lowest BCUT2D eigenvalue weighted by molar-refractivity contribution is 0.446. The Labute approximate surface area is 124 Å². The Morgan fingerprint density at radius 2 is 2.15 bits per heavy atom. The highest BCUT2D eigenvalue weighted by atomic mass is 79.9. The molecule has 104 valence electrons. The average Bonchev–Trinajstić information content (AvgIpc) is 3.23. The van der Waals surface area contributed by atoms with Gasteiger partial charge < -0.3 is 10.1 Å². The van der Waals surface area contributed by atoms with Gasteiger partial charge in [0.1, 0.15) is 11.6 Å². The molecule has 0 aromatic carbocycles. The lowest BCUT2D eigenvalue weighted by Gasteiger charge is -2.10. The average molecular weight is 338 g/mol. The zero-order valence-electron chi connectivity index (χ0n) is 10.6. The van der Waals surface area contributed by atoms with E-state index in [4.69, 9.17) is 4.74 Å². The fourth-order valence-corrected chi connectivity index (χ4v) is 2.13. The van der Waals surface area contributed by atoms with Crippen LogP contribution in [0.3, 0.4) is 0 Å². The summed E-state index contributed by atoms with van der Waals surface area (Å²) in [5, 5.41) is 3.33. The van der Waals surface area contributed by atoms with E-state index in [1.54, 1.807) is 18.5 Å². The molecule has 0 aliphatic heterocycles. The van der Waals surface area contributed by atoms with Crippen LogP contribution in [0.15, 0.2) is 35.2 Å². The van der Waals surface area contributed by atoms with E-state index in [1.165, 1.54) is 18.9 Å². The first-order chi connectivity index (χ1) is 9.70. The van der Waals surface area contributed by atoms with E-state index < -0.39 is 0 Å². The van der Waals surface area contributed by atoms with Crippen molar-refractivity contribution in [3.63, 3.8) is 0 Å². The van der Waals surface area contributed by atoms with Gasteiger partial charge in [-0.3, -0.25) is 4.98 Å². The van der Waals surface area contributed by atoms with Crippen LogP contribution in [0.4, 0.5) is 4.39 Å². The predicted octanol–water partition coefficient (Wildman–Crippen LogP) is 3.42. The molecule has 0 amide bonds. The van der Waals surface area contributed by atoms with E-state index in [0.717, 1.165) is 10.7 Å². The van der Waals surface area contributed by atoms with Crippen LogP contribution in [0.25, 0.3) is 0 Å². The quantitative estimate of drug-likeness (QED) is 0.908. The van der Waals surface area contributed by atoms with Crippen LogP contribution >= 0.6 is 15.9 Å². The summed E-state index contributed by atoms with van der Waals surface area (Å²) < 4.78 is 19.8. The predicted molar refractivity (Wildman–Crippen MR) is 76.1 cm³/mol. The van der Waals surface area contributed by atoms with E-state index >= 15 is 0 Å². The molecule has 2 aromatic heterocycles. The maximum atomic E-state index is 13.3. The molecule has 0 bridgehead atoms. The first-order valence-electron chi connectivity index (χ1n) is 6.37. The largest absolute Gasteiger partial charge is 0.437 e. The molecule has 4 nitrogen and oxygen atoms in total. The van der Waals surface area contributed by atoms with Crippen LogP contribution in [0, 0.1) is 5.82 Å². The molecule has 1 fully saturated rings. The van der Waals surface area contributed by atoms with Gasteiger partial charge in [-0.2, -0.15) is 0 Å². The van der Waals surface area contributed by atoms with Crippen molar-refractivity contribution in [3.05, 3.63) is 46.6 Å². The van der Waals surface area contributed by atoms with E-state index in [0.29, 0.717) is 29.8 Å². The molecule has 2 heterocycles. The fraction of sp³-hybridized carbons (Fsp3) is 0.286. The van der Waals surface area contributed by atoms with E-state index in [-0.39, 0.29) is 5.82 Å². The molecule has 0 radical (unpaired) electrons. The molecule has 1 saturated carbocycles. The number of hydrogen-bond donors (Lipinski definition) is 1. The minimum absolute atomic E-state index is 0.364. The zero-order valence-corrected chi connectivity index (χ0v) is 12.2. The molecule has 0 spiro atoms. The monoisotopic (exact) mass is 337 g/mol. The Kier molecular flexibility index (Phi) is 3.93. The Morgan fingerprint density at radius 3 is 2.90 bits per heavy atom. The summed E-state index contributed by atoms with van der Waals surface area (Å²) in [6, 6.07) is 3.78. The minimum atomic E-state index is -0.364. The molecule has 1 aliphatic rings. The maximum absolute atomic E-state index is 13.3. The van der Waals surface area contributed by atoms with Gasteiger partial charge in [0.15, 0.2) is 0 Å². The Balaban J connectivity index is 1.79. The third kappa shape index (κ3) is 3.52. The van der Waals surface area contributed by atoms with Crippen molar-refractivity contribution < 1.29 is 9.13 Å². The molecule has 2 aromatic rings. The van der Waals surface area contributed by atoms with E-state index in [2.05, 4.69) is 31.2 Å². The molecule has 1 aliphatic carbocycles. The third-order valence-corrected chi connectivity index (χ3v) is 3.38. The molecule has 0 saturated heterocycles. The van der Waals surface area contributed by atoms with Gasteiger partial charge in [0.2, 0.25) is 5.88 Å². The number of aromatic nitrogens is 2. The number of hydrogen-bond acceptors (Lipinski definition) is 4. The van der Waals surface area contributed by atoms with Crippen molar-refractivity contribution in [3.8, 4) is 11.6 Å². The second-order valence-corrected chi connectivity index (χ2v) is 5.63. The SMILES string of the molecule is Fc1cnc(Oc2cncc(Br)c2)c(CNC2CC2)c1. The number of rotatable bonds is 5. The number of nitrogens with zero attached hydrogens (tertiary/aromatic N) is 2. The molecular weight excluding hydrogens is 325 g/mol. The molecule has 3 rings (SSSR count). The lowest BCUT2D eigenvalue weighted by Crippen LogP contribution is -2.16. The first-order valence-corrected chi connectivity index (χ1v) is 7.16. The zero-order chi connectivity index (χ0) is 13.9. The second-order valence-electron chi connectivity index (χ2n) is 4.71.